The lowest BCUT2D eigenvalue weighted by Crippen LogP contribution is -2.39. The van der Waals surface area contributed by atoms with Crippen molar-refractivity contribution in [2.24, 2.45) is 0 Å². The number of halogens is 2. The number of benzene rings is 1. The van der Waals surface area contributed by atoms with Gasteiger partial charge in [-0.25, -0.2) is 9.59 Å². The van der Waals surface area contributed by atoms with E-state index in [1.807, 2.05) is 0 Å². The van der Waals surface area contributed by atoms with Gasteiger partial charge >= 0.3 is 11.7 Å². The fraction of sp³-hybridized carbons (Fsp3) is 0.188. The molecule has 0 saturated heterocycles. The summed E-state index contributed by atoms with van der Waals surface area (Å²) in [6.07, 6.45) is 0. The Hall–Kier alpha value is -2.81. The third-order valence-electron chi connectivity index (χ3n) is 3.82. The van der Waals surface area contributed by atoms with Crippen LogP contribution in [0.1, 0.15) is 20.8 Å². The summed E-state index contributed by atoms with van der Waals surface area (Å²) in [6, 6.07) is 6.85. The first-order valence-electron chi connectivity index (χ1n) is 7.15. The first-order valence-corrected chi connectivity index (χ1v) is 7.97. The van der Waals surface area contributed by atoms with E-state index in [1.54, 1.807) is 6.07 Å². The zero-order valence-corrected chi connectivity index (χ0v) is 13.7. The molecule has 0 fully saturated rings. The van der Waals surface area contributed by atoms with Gasteiger partial charge in [0, 0.05) is 5.56 Å². The first kappa shape index (κ1) is 17.0. The molecule has 0 unspecified atom stereocenters. The molecule has 0 spiro atoms. The SMILES string of the molecule is Cc1c(C(=O)O)sc2[nH]c(=O)n(CC(F)(F)c3ccccc3)c(=O)c12. The smallest absolute Gasteiger partial charge is 0.346 e. The average Bonchev–Trinajstić information content (AvgIpc) is 2.89. The number of carbonyl (C=O) groups is 1. The molecule has 2 heterocycles. The highest BCUT2D eigenvalue weighted by molar-refractivity contribution is 7.20. The molecule has 0 saturated carbocycles. The van der Waals surface area contributed by atoms with Crippen molar-refractivity contribution in [2.75, 3.05) is 0 Å². The highest BCUT2D eigenvalue weighted by Gasteiger charge is 2.33. The van der Waals surface area contributed by atoms with Crippen molar-refractivity contribution in [1.29, 1.82) is 0 Å². The molecule has 0 aliphatic rings. The van der Waals surface area contributed by atoms with Crippen molar-refractivity contribution in [3.05, 3.63) is 67.2 Å². The molecule has 25 heavy (non-hydrogen) atoms. The largest absolute Gasteiger partial charge is 0.477 e. The normalized spacial score (nSPS) is 11.8. The lowest BCUT2D eigenvalue weighted by molar-refractivity contribution is -0.0241. The third kappa shape index (κ3) is 2.86. The van der Waals surface area contributed by atoms with Crippen LogP contribution in [0.15, 0.2) is 39.9 Å². The Morgan fingerprint density at radius 2 is 1.92 bits per heavy atom. The summed E-state index contributed by atoms with van der Waals surface area (Å²) in [4.78, 5) is 38.1. The Morgan fingerprint density at radius 3 is 2.52 bits per heavy atom. The van der Waals surface area contributed by atoms with E-state index in [9.17, 15) is 23.2 Å². The molecule has 0 aliphatic carbocycles. The van der Waals surface area contributed by atoms with Gasteiger partial charge in [0.2, 0.25) is 0 Å². The van der Waals surface area contributed by atoms with Crippen LogP contribution in [-0.2, 0) is 12.5 Å². The summed E-state index contributed by atoms with van der Waals surface area (Å²) in [5.74, 6) is -4.69. The van der Waals surface area contributed by atoms with Gasteiger partial charge in [0.15, 0.2) is 0 Å². The predicted molar refractivity (Wildman–Crippen MR) is 88.7 cm³/mol. The van der Waals surface area contributed by atoms with E-state index < -0.39 is 29.7 Å². The molecule has 0 radical (unpaired) electrons. The summed E-state index contributed by atoms with van der Waals surface area (Å²) in [7, 11) is 0. The Labute approximate surface area is 143 Å². The maximum Gasteiger partial charge on any atom is 0.346 e. The molecule has 130 valence electrons. The van der Waals surface area contributed by atoms with E-state index in [-0.39, 0.29) is 26.2 Å². The molecule has 0 atom stereocenters. The van der Waals surface area contributed by atoms with Crippen molar-refractivity contribution in [2.45, 2.75) is 19.4 Å². The van der Waals surface area contributed by atoms with Crippen LogP contribution in [0.4, 0.5) is 8.78 Å². The topological polar surface area (TPSA) is 92.2 Å². The van der Waals surface area contributed by atoms with E-state index in [1.165, 1.54) is 31.2 Å². The minimum Gasteiger partial charge on any atom is -0.477 e. The van der Waals surface area contributed by atoms with Crippen LogP contribution < -0.4 is 11.2 Å². The molecule has 9 heteroatoms. The zero-order valence-electron chi connectivity index (χ0n) is 12.9. The minimum absolute atomic E-state index is 0.0594. The maximum atomic E-state index is 14.4. The van der Waals surface area contributed by atoms with E-state index in [4.69, 9.17) is 5.11 Å². The Bertz CT molecular complexity index is 1080. The number of rotatable bonds is 4. The number of aryl methyl sites for hydroxylation is 1. The lowest BCUT2D eigenvalue weighted by atomic mass is 10.1. The molecule has 3 rings (SSSR count). The van der Waals surface area contributed by atoms with E-state index in [0.29, 0.717) is 4.57 Å². The summed E-state index contributed by atoms with van der Waals surface area (Å²) in [5.41, 5.74) is -2.12. The van der Waals surface area contributed by atoms with Gasteiger partial charge in [-0.15, -0.1) is 11.3 Å². The summed E-state index contributed by atoms with van der Waals surface area (Å²) in [6.45, 7) is 0.264. The van der Waals surface area contributed by atoms with Crippen LogP contribution in [0.5, 0.6) is 0 Å². The van der Waals surface area contributed by atoms with Crippen molar-refractivity contribution in [3.8, 4) is 0 Å². The van der Waals surface area contributed by atoms with Gasteiger partial charge in [-0.1, -0.05) is 30.3 Å². The number of alkyl halides is 2. The van der Waals surface area contributed by atoms with Gasteiger partial charge in [0.1, 0.15) is 9.71 Å². The predicted octanol–water partition coefficient (Wildman–Crippen LogP) is 2.55. The summed E-state index contributed by atoms with van der Waals surface area (Å²) < 4.78 is 29.3. The number of carboxylic acids is 1. The fourth-order valence-electron chi connectivity index (χ4n) is 2.57. The molecule has 2 aromatic heterocycles. The van der Waals surface area contributed by atoms with Crippen molar-refractivity contribution in [1.82, 2.24) is 9.55 Å². The number of hydrogen-bond acceptors (Lipinski definition) is 4. The molecular weight excluding hydrogens is 354 g/mol. The van der Waals surface area contributed by atoms with Crippen LogP contribution in [0.2, 0.25) is 0 Å². The number of nitrogens with one attached hydrogen (secondary N) is 1. The highest BCUT2D eigenvalue weighted by atomic mass is 32.1. The van der Waals surface area contributed by atoms with Crippen LogP contribution in [0, 0.1) is 6.92 Å². The van der Waals surface area contributed by atoms with E-state index in [0.717, 1.165) is 11.3 Å². The Balaban J connectivity index is 2.18. The number of hydrogen-bond donors (Lipinski definition) is 2. The maximum absolute atomic E-state index is 14.4. The van der Waals surface area contributed by atoms with Crippen molar-refractivity contribution >= 4 is 27.5 Å². The molecule has 3 aromatic rings. The molecule has 6 nitrogen and oxygen atoms in total. The Morgan fingerprint density at radius 1 is 1.28 bits per heavy atom. The lowest BCUT2D eigenvalue weighted by Gasteiger charge is -2.17. The number of carboxylic acid groups (broad SMARTS) is 1. The van der Waals surface area contributed by atoms with E-state index >= 15 is 0 Å². The van der Waals surface area contributed by atoms with Gasteiger partial charge < -0.3 is 5.11 Å². The quantitative estimate of drug-likeness (QED) is 0.742. The summed E-state index contributed by atoms with van der Waals surface area (Å²) >= 11 is 0.727. The standard InChI is InChI=1S/C16H12F2N2O4S/c1-8-10-12(25-11(8)14(22)23)19-15(24)20(13(10)21)7-16(17,18)9-5-3-2-4-6-9/h2-6H,7H2,1H3,(H,19,24)(H,22,23). The monoisotopic (exact) mass is 366 g/mol. The zero-order chi connectivity index (χ0) is 18.4. The third-order valence-corrected chi connectivity index (χ3v) is 5.01. The average molecular weight is 366 g/mol. The van der Waals surface area contributed by atoms with Gasteiger partial charge in [-0.2, -0.15) is 8.78 Å². The van der Waals surface area contributed by atoms with Crippen molar-refractivity contribution in [3.63, 3.8) is 0 Å². The molecule has 2 N–H and O–H groups in total. The number of aromatic nitrogens is 2. The Kier molecular flexibility index (Phi) is 4.03. The number of nitrogens with zero attached hydrogens (tertiary/aromatic N) is 1. The number of fused-ring (bicyclic) bond motifs is 1. The van der Waals surface area contributed by atoms with Crippen LogP contribution in [-0.4, -0.2) is 20.6 Å². The molecule has 0 aliphatic heterocycles. The fourth-order valence-corrected chi connectivity index (χ4v) is 3.60. The van der Waals surface area contributed by atoms with Gasteiger partial charge in [0.05, 0.1) is 11.9 Å². The van der Waals surface area contributed by atoms with Gasteiger partial charge in [-0.3, -0.25) is 14.3 Å². The number of aromatic amines is 1. The second-order valence-electron chi connectivity index (χ2n) is 5.46. The second-order valence-corrected chi connectivity index (χ2v) is 6.48. The van der Waals surface area contributed by atoms with Gasteiger partial charge in [0.25, 0.3) is 11.5 Å². The number of thiophene rings is 1. The number of H-pyrrole nitrogens is 1. The van der Waals surface area contributed by atoms with Gasteiger partial charge in [-0.05, 0) is 12.5 Å². The first-order chi connectivity index (χ1) is 11.7. The molecular formula is C16H12F2N2O4S. The minimum atomic E-state index is -3.44. The van der Waals surface area contributed by atoms with Crippen LogP contribution in [0.25, 0.3) is 10.2 Å². The molecule has 0 amide bonds. The van der Waals surface area contributed by atoms with Crippen LogP contribution >= 0.6 is 11.3 Å². The van der Waals surface area contributed by atoms with Crippen LogP contribution in [0.3, 0.4) is 0 Å². The second kappa shape index (κ2) is 5.92. The van der Waals surface area contributed by atoms with E-state index in [2.05, 4.69) is 4.98 Å². The molecule has 0 bridgehead atoms. The van der Waals surface area contributed by atoms with Crippen molar-refractivity contribution < 1.29 is 18.7 Å². The number of aromatic carboxylic acids is 1. The highest BCUT2D eigenvalue weighted by Crippen LogP contribution is 2.30. The molecule has 1 aromatic carbocycles. The summed E-state index contributed by atoms with van der Waals surface area (Å²) in [5, 5.41) is 9.06.